The largest absolute Gasteiger partial charge is 0.354 e. The Hall–Kier alpha value is -1.35. The molecule has 0 aromatic heterocycles. The minimum atomic E-state index is -0.135. The first kappa shape index (κ1) is 13.1. The van der Waals surface area contributed by atoms with Crippen molar-refractivity contribution in [1.82, 2.24) is 10.2 Å². The maximum atomic E-state index is 5.49. The van der Waals surface area contributed by atoms with Crippen LogP contribution >= 0.6 is 12.2 Å². The van der Waals surface area contributed by atoms with Crippen LogP contribution in [-0.4, -0.2) is 21.6 Å². The molecule has 1 aromatic carbocycles. The third-order valence-electron chi connectivity index (χ3n) is 3.22. The molecule has 0 amide bonds. The zero-order valence-corrected chi connectivity index (χ0v) is 12.2. The Bertz CT molecular complexity index is 475. The van der Waals surface area contributed by atoms with Gasteiger partial charge in [-0.15, -0.1) is 0 Å². The van der Waals surface area contributed by atoms with E-state index in [4.69, 9.17) is 12.2 Å². The SMILES string of the molecule is CC(C)N1C=C(c2ccccc2)C(=S)NC1(C)C. The fourth-order valence-electron chi connectivity index (χ4n) is 2.39. The topological polar surface area (TPSA) is 15.3 Å². The van der Waals surface area contributed by atoms with Gasteiger partial charge < -0.3 is 10.2 Å². The van der Waals surface area contributed by atoms with Gasteiger partial charge in [-0.05, 0) is 33.3 Å². The van der Waals surface area contributed by atoms with Crippen molar-refractivity contribution >= 4 is 22.8 Å². The Morgan fingerprint density at radius 1 is 1.17 bits per heavy atom. The van der Waals surface area contributed by atoms with Crippen LogP contribution in [0.2, 0.25) is 0 Å². The number of hydrogen-bond acceptors (Lipinski definition) is 2. The second-order valence-electron chi connectivity index (χ2n) is 5.42. The summed E-state index contributed by atoms with van der Waals surface area (Å²) in [5, 5.41) is 3.42. The number of benzene rings is 1. The Balaban J connectivity index is 2.45. The maximum Gasteiger partial charge on any atom is 0.110 e. The first-order chi connectivity index (χ1) is 8.42. The summed E-state index contributed by atoms with van der Waals surface area (Å²) in [5.74, 6) is 0. The summed E-state index contributed by atoms with van der Waals surface area (Å²) >= 11 is 5.49. The van der Waals surface area contributed by atoms with Crippen molar-refractivity contribution in [2.45, 2.75) is 39.4 Å². The molecule has 0 aliphatic carbocycles. The molecule has 2 rings (SSSR count). The number of rotatable bonds is 2. The molecule has 0 spiro atoms. The molecule has 3 heteroatoms. The lowest BCUT2D eigenvalue weighted by atomic mass is 10.0. The van der Waals surface area contributed by atoms with Crippen molar-refractivity contribution in [3.63, 3.8) is 0 Å². The molecule has 18 heavy (non-hydrogen) atoms. The third-order valence-corrected chi connectivity index (χ3v) is 3.54. The second-order valence-corrected chi connectivity index (χ2v) is 5.83. The van der Waals surface area contributed by atoms with Crippen molar-refractivity contribution in [1.29, 1.82) is 0 Å². The predicted molar refractivity (Wildman–Crippen MR) is 81.2 cm³/mol. The van der Waals surface area contributed by atoms with E-state index < -0.39 is 0 Å². The molecule has 1 aromatic rings. The molecule has 0 saturated heterocycles. The summed E-state index contributed by atoms with van der Waals surface area (Å²) in [6, 6.07) is 10.7. The lowest BCUT2D eigenvalue weighted by Crippen LogP contribution is -2.59. The van der Waals surface area contributed by atoms with Gasteiger partial charge in [0.15, 0.2) is 0 Å². The van der Waals surface area contributed by atoms with Crippen molar-refractivity contribution in [2.75, 3.05) is 0 Å². The zero-order chi connectivity index (χ0) is 13.3. The predicted octanol–water partition coefficient (Wildman–Crippen LogP) is 3.40. The van der Waals surface area contributed by atoms with Crippen LogP contribution in [0, 0.1) is 0 Å². The average molecular weight is 260 g/mol. The molecular weight excluding hydrogens is 240 g/mol. The maximum absolute atomic E-state index is 5.49. The lowest BCUT2D eigenvalue weighted by molar-refractivity contribution is 0.129. The van der Waals surface area contributed by atoms with Crippen LogP contribution in [0.4, 0.5) is 0 Å². The Morgan fingerprint density at radius 3 is 2.33 bits per heavy atom. The highest BCUT2D eigenvalue weighted by Gasteiger charge is 2.32. The molecule has 1 aliphatic rings. The van der Waals surface area contributed by atoms with E-state index in [9.17, 15) is 0 Å². The summed E-state index contributed by atoms with van der Waals surface area (Å²) < 4.78 is 0. The normalized spacial score (nSPS) is 18.6. The fraction of sp³-hybridized carbons (Fsp3) is 0.400. The second kappa shape index (κ2) is 4.73. The van der Waals surface area contributed by atoms with Gasteiger partial charge in [-0.2, -0.15) is 0 Å². The molecule has 0 fully saturated rings. The van der Waals surface area contributed by atoms with Gasteiger partial charge in [0.2, 0.25) is 0 Å². The minimum absolute atomic E-state index is 0.135. The van der Waals surface area contributed by atoms with Gasteiger partial charge in [-0.1, -0.05) is 42.5 Å². The number of hydrogen-bond donors (Lipinski definition) is 1. The molecule has 0 saturated carbocycles. The van der Waals surface area contributed by atoms with E-state index in [0.29, 0.717) is 6.04 Å². The Labute approximate surface area is 115 Å². The van der Waals surface area contributed by atoms with Crippen molar-refractivity contribution < 1.29 is 0 Å². The highest BCUT2D eigenvalue weighted by molar-refractivity contribution is 7.81. The number of nitrogens with one attached hydrogen (secondary N) is 1. The van der Waals surface area contributed by atoms with Crippen LogP contribution in [0.15, 0.2) is 36.5 Å². The minimum Gasteiger partial charge on any atom is -0.354 e. The van der Waals surface area contributed by atoms with E-state index in [1.807, 2.05) is 18.2 Å². The van der Waals surface area contributed by atoms with Crippen LogP contribution in [0.5, 0.6) is 0 Å². The average Bonchev–Trinajstić information content (AvgIpc) is 2.28. The van der Waals surface area contributed by atoms with Gasteiger partial charge in [0.25, 0.3) is 0 Å². The van der Waals surface area contributed by atoms with Gasteiger partial charge in [0, 0.05) is 17.8 Å². The number of nitrogens with zero attached hydrogens (tertiary/aromatic N) is 1. The standard InChI is InChI=1S/C15H20N2S/c1-11(2)17-10-13(12-8-6-5-7-9-12)14(18)16-15(17,3)4/h5-11H,1-4H3,(H,16,18). The molecule has 0 unspecified atom stereocenters. The molecule has 0 atom stereocenters. The van der Waals surface area contributed by atoms with E-state index >= 15 is 0 Å². The molecule has 0 radical (unpaired) electrons. The highest BCUT2D eigenvalue weighted by atomic mass is 32.1. The third kappa shape index (κ3) is 2.41. The van der Waals surface area contributed by atoms with E-state index in [-0.39, 0.29) is 5.66 Å². The summed E-state index contributed by atoms with van der Waals surface area (Å²) in [4.78, 5) is 3.13. The van der Waals surface area contributed by atoms with Gasteiger partial charge >= 0.3 is 0 Å². The van der Waals surface area contributed by atoms with E-state index in [0.717, 1.165) is 16.1 Å². The van der Waals surface area contributed by atoms with Gasteiger partial charge in [0.05, 0.1) is 0 Å². The molecular formula is C15H20N2S. The van der Waals surface area contributed by atoms with Crippen LogP contribution in [-0.2, 0) is 0 Å². The van der Waals surface area contributed by atoms with Crippen LogP contribution in [0.25, 0.3) is 5.57 Å². The van der Waals surface area contributed by atoms with Crippen LogP contribution in [0.3, 0.4) is 0 Å². The van der Waals surface area contributed by atoms with Crippen LogP contribution in [0.1, 0.15) is 33.3 Å². The van der Waals surface area contributed by atoms with Crippen molar-refractivity contribution in [3.8, 4) is 0 Å². The summed E-state index contributed by atoms with van der Waals surface area (Å²) in [5.41, 5.74) is 2.12. The van der Waals surface area contributed by atoms with E-state index in [2.05, 4.69) is 56.2 Å². The molecule has 1 aliphatic heterocycles. The summed E-state index contributed by atoms with van der Waals surface area (Å²) in [6.45, 7) is 8.68. The smallest absolute Gasteiger partial charge is 0.110 e. The lowest BCUT2D eigenvalue weighted by Gasteiger charge is -2.46. The zero-order valence-electron chi connectivity index (χ0n) is 11.4. The summed E-state index contributed by atoms with van der Waals surface area (Å²) in [7, 11) is 0. The molecule has 1 N–H and O–H groups in total. The van der Waals surface area contributed by atoms with Crippen molar-refractivity contribution in [2.24, 2.45) is 0 Å². The molecule has 2 nitrogen and oxygen atoms in total. The van der Waals surface area contributed by atoms with E-state index in [1.54, 1.807) is 0 Å². The van der Waals surface area contributed by atoms with Crippen molar-refractivity contribution in [3.05, 3.63) is 42.1 Å². The summed E-state index contributed by atoms with van der Waals surface area (Å²) in [6.07, 6.45) is 2.18. The van der Waals surface area contributed by atoms with Gasteiger partial charge in [-0.3, -0.25) is 0 Å². The van der Waals surface area contributed by atoms with Gasteiger partial charge in [0.1, 0.15) is 10.7 Å². The van der Waals surface area contributed by atoms with Crippen LogP contribution < -0.4 is 5.32 Å². The Kier molecular flexibility index (Phi) is 3.44. The number of thiocarbonyl (C=S) groups is 1. The Morgan fingerprint density at radius 2 is 1.78 bits per heavy atom. The fourth-order valence-corrected chi connectivity index (χ4v) is 2.81. The quantitative estimate of drug-likeness (QED) is 0.820. The molecule has 0 bridgehead atoms. The highest BCUT2D eigenvalue weighted by Crippen LogP contribution is 2.27. The first-order valence-corrected chi connectivity index (χ1v) is 6.71. The molecule has 1 heterocycles. The monoisotopic (exact) mass is 260 g/mol. The van der Waals surface area contributed by atoms with E-state index in [1.165, 1.54) is 0 Å². The molecule has 96 valence electrons. The van der Waals surface area contributed by atoms with Gasteiger partial charge in [-0.25, -0.2) is 0 Å². The first-order valence-electron chi connectivity index (χ1n) is 6.30.